The van der Waals surface area contributed by atoms with Crippen LogP contribution in [0.4, 0.5) is 5.95 Å². The summed E-state index contributed by atoms with van der Waals surface area (Å²) in [6.45, 7) is 2.87. The summed E-state index contributed by atoms with van der Waals surface area (Å²) in [4.78, 5) is 6.20. The van der Waals surface area contributed by atoms with E-state index >= 15 is 0 Å². The lowest BCUT2D eigenvalue weighted by molar-refractivity contribution is 0.121. The summed E-state index contributed by atoms with van der Waals surface area (Å²) in [6, 6.07) is -0.396. The van der Waals surface area contributed by atoms with Crippen LogP contribution in [-0.4, -0.2) is 48.2 Å². The Kier molecular flexibility index (Phi) is 3.70. The van der Waals surface area contributed by atoms with Crippen molar-refractivity contribution in [2.24, 2.45) is 5.73 Å². The van der Waals surface area contributed by atoms with E-state index in [1.165, 1.54) is 0 Å². The van der Waals surface area contributed by atoms with Crippen LogP contribution in [0.15, 0.2) is 4.52 Å². The van der Waals surface area contributed by atoms with Crippen LogP contribution in [0, 0.1) is 0 Å². The number of aliphatic hydroxyl groups excluding tert-OH is 1. The number of nitrogens with zero attached hydrogens (tertiary/aromatic N) is 3. The third-order valence-corrected chi connectivity index (χ3v) is 2.48. The van der Waals surface area contributed by atoms with Crippen LogP contribution in [-0.2, 0) is 4.74 Å². The fourth-order valence-corrected chi connectivity index (χ4v) is 1.53. The molecule has 1 aromatic heterocycles. The maximum atomic E-state index is 8.76. The van der Waals surface area contributed by atoms with Gasteiger partial charge in [-0.3, -0.25) is 0 Å². The van der Waals surface area contributed by atoms with Crippen molar-refractivity contribution in [3.63, 3.8) is 0 Å². The Morgan fingerprint density at radius 3 is 2.88 bits per heavy atom. The summed E-state index contributed by atoms with van der Waals surface area (Å²) < 4.78 is 10.3. The predicted molar refractivity (Wildman–Crippen MR) is 56.0 cm³/mol. The molecule has 1 atom stereocenters. The van der Waals surface area contributed by atoms with Crippen molar-refractivity contribution in [2.75, 3.05) is 37.8 Å². The minimum absolute atomic E-state index is 0.0104. The van der Waals surface area contributed by atoms with Crippen LogP contribution in [0.25, 0.3) is 0 Å². The van der Waals surface area contributed by atoms with Crippen molar-refractivity contribution < 1.29 is 14.4 Å². The van der Waals surface area contributed by atoms with Gasteiger partial charge in [0.1, 0.15) is 0 Å². The van der Waals surface area contributed by atoms with Crippen LogP contribution in [0.3, 0.4) is 0 Å². The van der Waals surface area contributed by atoms with E-state index in [-0.39, 0.29) is 6.61 Å². The third kappa shape index (κ3) is 2.49. The molecule has 0 radical (unpaired) electrons. The molecule has 7 nitrogen and oxygen atoms in total. The summed E-state index contributed by atoms with van der Waals surface area (Å²) in [5.41, 5.74) is 5.75. The average molecular weight is 228 g/mol. The van der Waals surface area contributed by atoms with Crippen molar-refractivity contribution in [3.8, 4) is 0 Å². The Bertz CT molecular complexity index is 324. The van der Waals surface area contributed by atoms with E-state index in [1.54, 1.807) is 0 Å². The Balaban J connectivity index is 2.00. The molecular formula is C9H16N4O3. The molecule has 1 saturated heterocycles. The summed E-state index contributed by atoms with van der Waals surface area (Å²) >= 11 is 0. The largest absolute Gasteiger partial charge is 0.396 e. The first-order chi connectivity index (χ1) is 7.81. The van der Waals surface area contributed by atoms with Gasteiger partial charge in [-0.25, -0.2) is 0 Å². The number of anilines is 1. The first kappa shape index (κ1) is 11.3. The molecule has 1 aliphatic rings. The summed E-state index contributed by atoms with van der Waals surface area (Å²) in [7, 11) is 0. The second kappa shape index (κ2) is 5.24. The van der Waals surface area contributed by atoms with E-state index in [0.29, 0.717) is 31.5 Å². The van der Waals surface area contributed by atoms with Crippen LogP contribution >= 0.6 is 0 Å². The number of hydrogen-bond donors (Lipinski definition) is 2. The summed E-state index contributed by atoms with van der Waals surface area (Å²) in [5, 5.41) is 12.6. The molecular weight excluding hydrogens is 212 g/mol. The number of aromatic nitrogens is 2. The SMILES string of the molecule is NC(CCO)c1nc(N2CCOCC2)no1. The van der Waals surface area contributed by atoms with Crippen LogP contribution in [0.1, 0.15) is 18.4 Å². The van der Waals surface area contributed by atoms with Gasteiger partial charge < -0.3 is 25.0 Å². The molecule has 0 spiro atoms. The molecule has 2 rings (SSSR count). The Labute approximate surface area is 93.2 Å². The predicted octanol–water partition coefficient (Wildman–Crippen LogP) is -0.712. The highest BCUT2D eigenvalue weighted by Gasteiger charge is 2.19. The molecule has 0 bridgehead atoms. The van der Waals surface area contributed by atoms with Crippen molar-refractivity contribution in [1.29, 1.82) is 0 Å². The average Bonchev–Trinajstić information content (AvgIpc) is 2.80. The molecule has 1 unspecified atom stereocenters. The van der Waals surface area contributed by atoms with Crippen molar-refractivity contribution >= 4 is 5.95 Å². The second-order valence-electron chi connectivity index (χ2n) is 3.65. The highest BCUT2D eigenvalue weighted by atomic mass is 16.5. The maximum absolute atomic E-state index is 8.76. The molecule has 7 heteroatoms. The molecule has 0 amide bonds. The molecule has 1 aromatic rings. The van der Waals surface area contributed by atoms with Gasteiger partial charge in [0.15, 0.2) is 0 Å². The number of morpholine rings is 1. The van der Waals surface area contributed by atoms with Crippen molar-refractivity contribution in [2.45, 2.75) is 12.5 Å². The lowest BCUT2D eigenvalue weighted by Gasteiger charge is -2.24. The van der Waals surface area contributed by atoms with Gasteiger partial charge in [-0.15, -0.1) is 0 Å². The lowest BCUT2D eigenvalue weighted by Crippen LogP contribution is -2.36. The van der Waals surface area contributed by atoms with Gasteiger partial charge in [0.2, 0.25) is 5.89 Å². The molecule has 1 aliphatic heterocycles. The molecule has 2 heterocycles. The third-order valence-electron chi connectivity index (χ3n) is 2.48. The van der Waals surface area contributed by atoms with E-state index < -0.39 is 6.04 Å². The molecule has 0 aliphatic carbocycles. The van der Waals surface area contributed by atoms with Gasteiger partial charge in [0, 0.05) is 19.7 Å². The molecule has 3 N–H and O–H groups in total. The van der Waals surface area contributed by atoms with Crippen LogP contribution in [0.5, 0.6) is 0 Å². The minimum Gasteiger partial charge on any atom is -0.396 e. The normalized spacial score (nSPS) is 18.8. The molecule has 16 heavy (non-hydrogen) atoms. The minimum atomic E-state index is -0.396. The monoisotopic (exact) mass is 228 g/mol. The topological polar surface area (TPSA) is 97.6 Å². The Hall–Kier alpha value is -1.18. The smallest absolute Gasteiger partial charge is 0.266 e. The van der Waals surface area contributed by atoms with E-state index in [9.17, 15) is 0 Å². The van der Waals surface area contributed by atoms with E-state index in [4.69, 9.17) is 20.1 Å². The van der Waals surface area contributed by atoms with Crippen LogP contribution in [0.2, 0.25) is 0 Å². The number of ether oxygens (including phenoxy) is 1. The lowest BCUT2D eigenvalue weighted by atomic mass is 10.2. The zero-order valence-electron chi connectivity index (χ0n) is 9.00. The van der Waals surface area contributed by atoms with Gasteiger partial charge in [0.05, 0.1) is 19.3 Å². The quantitative estimate of drug-likeness (QED) is 0.702. The molecule has 0 aromatic carbocycles. The first-order valence-corrected chi connectivity index (χ1v) is 5.34. The molecule has 90 valence electrons. The Morgan fingerprint density at radius 2 is 2.19 bits per heavy atom. The highest BCUT2D eigenvalue weighted by molar-refractivity contribution is 5.28. The van der Waals surface area contributed by atoms with Crippen LogP contribution < -0.4 is 10.6 Å². The number of aliphatic hydroxyl groups is 1. The zero-order valence-corrected chi connectivity index (χ0v) is 9.00. The molecule has 1 fully saturated rings. The van der Waals surface area contributed by atoms with Gasteiger partial charge >= 0.3 is 0 Å². The standard InChI is InChI=1S/C9H16N4O3/c10-7(1-4-14)8-11-9(12-16-8)13-2-5-15-6-3-13/h7,14H,1-6,10H2. The fraction of sp³-hybridized carbons (Fsp3) is 0.778. The van der Waals surface area contributed by atoms with Crippen molar-refractivity contribution in [1.82, 2.24) is 10.1 Å². The van der Waals surface area contributed by atoms with Gasteiger partial charge in [-0.05, 0) is 11.6 Å². The summed E-state index contributed by atoms with van der Waals surface area (Å²) in [5.74, 6) is 0.919. The van der Waals surface area contributed by atoms with Gasteiger partial charge in [0.25, 0.3) is 5.95 Å². The summed E-state index contributed by atoms with van der Waals surface area (Å²) in [6.07, 6.45) is 0.421. The van der Waals surface area contributed by atoms with E-state index in [2.05, 4.69) is 10.1 Å². The van der Waals surface area contributed by atoms with Gasteiger partial charge in [-0.2, -0.15) is 4.98 Å². The van der Waals surface area contributed by atoms with E-state index in [0.717, 1.165) is 13.1 Å². The number of rotatable bonds is 4. The van der Waals surface area contributed by atoms with Gasteiger partial charge in [-0.1, -0.05) is 0 Å². The highest BCUT2D eigenvalue weighted by Crippen LogP contribution is 2.16. The number of hydrogen-bond acceptors (Lipinski definition) is 7. The Morgan fingerprint density at radius 1 is 1.44 bits per heavy atom. The molecule has 0 saturated carbocycles. The maximum Gasteiger partial charge on any atom is 0.266 e. The van der Waals surface area contributed by atoms with E-state index in [1.807, 2.05) is 4.90 Å². The van der Waals surface area contributed by atoms with Crippen molar-refractivity contribution in [3.05, 3.63) is 5.89 Å². The number of nitrogens with two attached hydrogens (primary N) is 1. The first-order valence-electron chi connectivity index (χ1n) is 5.34. The second-order valence-corrected chi connectivity index (χ2v) is 3.65. The zero-order chi connectivity index (χ0) is 11.4. The fourth-order valence-electron chi connectivity index (χ4n) is 1.53.